The highest BCUT2D eigenvalue weighted by molar-refractivity contribution is 5.42. The Kier molecular flexibility index (Phi) is 3.67. The van der Waals surface area contributed by atoms with Crippen molar-refractivity contribution in [3.05, 3.63) is 23.8 Å². The lowest BCUT2D eigenvalue weighted by Crippen LogP contribution is -2.34. The van der Waals surface area contributed by atoms with E-state index in [9.17, 15) is 0 Å². The Morgan fingerprint density at radius 2 is 1.94 bits per heavy atom. The number of nitrogens with one attached hydrogen (secondary N) is 1. The highest BCUT2D eigenvalue weighted by atomic mass is 16.5. The Bertz CT molecular complexity index is 348. The third-order valence-corrected chi connectivity index (χ3v) is 3.15. The first-order valence-corrected chi connectivity index (χ1v) is 5.78. The van der Waals surface area contributed by atoms with Crippen molar-refractivity contribution in [1.29, 1.82) is 0 Å². The molecule has 0 heterocycles. The van der Waals surface area contributed by atoms with Crippen molar-refractivity contribution in [1.82, 2.24) is 5.32 Å². The molecule has 3 nitrogen and oxygen atoms in total. The van der Waals surface area contributed by atoms with Crippen LogP contribution in [-0.2, 0) is 6.54 Å². The lowest BCUT2D eigenvalue weighted by molar-refractivity contribution is 0.336. The van der Waals surface area contributed by atoms with Gasteiger partial charge in [0.2, 0.25) is 0 Å². The van der Waals surface area contributed by atoms with Crippen molar-refractivity contribution < 1.29 is 9.47 Å². The molecule has 0 radical (unpaired) electrons. The van der Waals surface area contributed by atoms with E-state index in [0.29, 0.717) is 6.04 Å². The van der Waals surface area contributed by atoms with Gasteiger partial charge in [-0.05, 0) is 30.5 Å². The molecule has 2 rings (SSSR count). The molecule has 0 aliphatic heterocycles. The second kappa shape index (κ2) is 5.21. The van der Waals surface area contributed by atoms with Gasteiger partial charge in [-0.1, -0.05) is 12.5 Å². The molecule has 0 atom stereocenters. The van der Waals surface area contributed by atoms with Crippen LogP contribution in [0.15, 0.2) is 18.2 Å². The Labute approximate surface area is 96.8 Å². The summed E-state index contributed by atoms with van der Waals surface area (Å²) in [6.07, 6.45) is 3.99. The predicted octanol–water partition coefficient (Wildman–Crippen LogP) is 2.35. The second-order valence-corrected chi connectivity index (χ2v) is 4.20. The van der Waals surface area contributed by atoms with E-state index in [2.05, 4.69) is 11.4 Å². The van der Waals surface area contributed by atoms with Crippen LogP contribution in [0.3, 0.4) is 0 Å². The standard InChI is InChI=1S/C13H19NO2/c1-15-12-7-6-10(8-13(12)16-2)9-14-11-4-3-5-11/h6-8,11,14H,3-5,9H2,1-2H3. The molecule has 88 valence electrons. The van der Waals surface area contributed by atoms with Crippen LogP contribution < -0.4 is 14.8 Å². The minimum Gasteiger partial charge on any atom is -0.493 e. The summed E-state index contributed by atoms with van der Waals surface area (Å²) >= 11 is 0. The van der Waals surface area contributed by atoms with E-state index in [4.69, 9.17) is 9.47 Å². The number of ether oxygens (including phenoxy) is 2. The summed E-state index contributed by atoms with van der Waals surface area (Å²) in [6.45, 7) is 0.908. The van der Waals surface area contributed by atoms with E-state index in [0.717, 1.165) is 18.0 Å². The predicted molar refractivity (Wildman–Crippen MR) is 64.0 cm³/mol. The smallest absolute Gasteiger partial charge is 0.161 e. The monoisotopic (exact) mass is 221 g/mol. The molecule has 1 saturated carbocycles. The second-order valence-electron chi connectivity index (χ2n) is 4.20. The van der Waals surface area contributed by atoms with Crippen molar-refractivity contribution in [2.24, 2.45) is 0 Å². The first kappa shape index (κ1) is 11.3. The number of hydrogen-bond acceptors (Lipinski definition) is 3. The molecule has 0 bridgehead atoms. The summed E-state index contributed by atoms with van der Waals surface area (Å²) in [4.78, 5) is 0. The molecular weight excluding hydrogens is 202 g/mol. The van der Waals surface area contributed by atoms with Crippen LogP contribution in [0, 0.1) is 0 Å². The third-order valence-electron chi connectivity index (χ3n) is 3.15. The molecule has 3 heteroatoms. The minimum atomic E-state index is 0.716. The normalized spacial score (nSPS) is 15.6. The van der Waals surface area contributed by atoms with Gasteiger partial charge in [-0.3, -0.25) is 0 Å². The van der Waals surface area contributed by atoms with Crippen LogP contribution in [0.2, 0.25) is 0 Å². The molecule has 1 aliphatic carbocycles. The molecule has 0 saturated heterocycles. The minimum absolute atomic E-state index is 0.716. The molecule has 16 heavy (non-hydrogen) atoms. The van der Waals surface area contributed by atoms with E-state index in [1.54, 1.807) is 14.2 Å². The fourth-order valence-electron chi connectivity index (χ4n) is 1.87. The molecule has 0 unspecified atom stereocenters. The fourth-order valence-corrected chi connectivity index (χ4v) is 1.87. The van der Waals surface area contributed by atoms with Gasteiger partial charge in [-0.15, -0.1) is 0 Å². The average molecular weight is 221 g/mol. The zero-order valence-corrected chi connectivity index (χ0v) is 9.95. The van der Waals surface area contributed by atoms with Crippen LogP contribution in [0.4, 0.5) is 0 Å². The third kappa shape index (κ3) is 2.47. The lowest BCUT2D eigenvalue weighted by Gasteiger charge is -2.26. The highest BCUT2D eigenvalue weighted by Crippen LogP contribution is 2.27. The van der Waals surface area contributed by atoms with E-state index >= 15 is 0 Å². The first-order valence-electron chi connectivity index (χ1n) is 5.78. The largest absolute Gasteiger partial charge is 0.493 e. The van der Waals surface area contributed by atoms with Crippen molar-refractivity contribution in [3.8, 4) is 11.5 Å². The zero-order chi connectivity index (χ0) is 11.4. The van der Waals surface area contributed by atoms with Crippen LogP contribution in [-0.4, -0.2) is 20.3 Å². The summed E-state index contributed by atoms with van der Waals surface area (Å²) in [5.74, 6) is 1.59. The number of benzene rings is 1. The lowest BCUT2D eigenvalue weighted by atomic mass is 9.93. The summed E-state index contributed by atoms with van der Waals surface area (Å²) in [7, 11) is 3.32. The van der Waals surface area contributed by atoms with Gasteiger partial charge in [0.25, 0.3) is 0 Å². The van der Waals surface area contributed by atoms with Crippen LogP contribution in [0.5, 0.6) is 11.5 Å². The molecule has 1 N–H and O–H groups in total. The van der Waals surface area contributed by atoms with Gasteiger partial charge < -0.3 is 14.8 Å². The maximum atomic E-state index is 5.27. The Morgan fingerprint density at radius 1 is 1.19 bits per heavy atom. The molecular formula is C13H19NO2. The summed E-state index contributed by atoms with van der Waals surface area (Å²) < 4.78 is 10.5. The summed E-state index contributed by atoms with van der Waals surface area (Å²) in [6, 6.07) is 6.78. The molecule has 0 spiro atoms. The van der Waals surface area contributed by atoms with E-state index < -0.39 is 0 Å². The average Bonchev–Trinajstić information content (AvgIpc) is 2.26. The van der Waals surface area contributed by atoms with Gasteiger partial charge in [0.1, 0.15) is 0 Å². The number of rotatable bonds is 5. The van der Waals surface area contributed by atoms with Crippen LogP contribution in [0.1, 0.15) is 24.8 Å². The van der Waals surface area contributed by atoms with Crippen molar-refractivity contribution in [3.63, 3.8) is 0 Å². The van der Waals surface area contributed by atoms with Crippen molar-refractivity contribution >= 4 is 0 Å². The van der Waals surface area contributed by atoms with E-state index in [1.807, 2.05) is 12.1 Å². The summed E-state index contributed by atoms with van der Waals surface area (Å²) in [5, 5.41) is 3.53. The molecule has 1 aliphatic rings. The number of hydrogen-bond donors (Lipinski definition) is 1. The molecule has 1 aromatic rings. The molecule has 0 aromatic heterocycles. The fraction of sp³-hybridized carbons (Fsp3) is 0.538. The summed E-state index contributed by atoms with van der Waals surface area (Å²) in [5.41, 5.74) is 1.24. The van der Waals surface area contributed by atoms with Gasteiger partial charge in [0.15, 0.2) is 11.5 Å². The molecule has 1 aromatic carbocycles. The Balaban J connectivity index is 1.97. The first-order chi connectivity index (χ1) is 7.83. The highest BCUT2D eigenvalue weighted by Gasteiger charge is 2.16. The maximum absolute atomic E-state index is 5.27. The van der Waals surface area contributed by atoms with Gasteiger partial charge in [0.05, 0.1) is 14.2 Å². The molecule has 0 amide bonds. The van der Waals surface area contributed by atoms with Crippen LogP contribution >= 0.6 is 0 Å². The van der Waals surface area contributed by atoms with Crippen LogP contribution in [0.25, 0.3) is 0 Å². The van der Waals surface area contributed by atoms with Crippen molar-refractivity contribution in [2.45, 2.75) is 31.8 Å². The number of methoxy groups -OCH3 is 2. The van der Waals surface area contributed by atoms with E-state index in [-0.39, 0.29) is 0 Å². The Morgan fingerprint density at radius 3 is 2.50 bits per heavy atom. The zero-order valence-electron chi connectivity index (χ0n) is 9.95. The van der Waals surface area contributed by atoms with E-state index in [1.165, 1.54) is 24.8 Å². The van der Waals surface area contributed by atoms with Crippen molar-refractivity contribution in [2.75, 3.05) is 14.2 Å². The maximum Gasteiger partial charge on any atom is 0.161 e. The van der Waals surface area contributed by atoms with Gasteiger partial charge >= 0.3 is 0 Å². The van der Waals surface area contributed by atoms with Gasteiger partial charge in [-0.2, -0.15) is 0 Å². The Hall–Kier alpha value is -1.22. The van der Waals surface area contributed by atoms with Gasteiger partial charge in [0, 0.05) is 12.6 Å². The SMILES string of the molecule is COc1ccc(CNC2CCC2)cc1OC. The molecule has 1 fully saturated rings. The topological polar surface area (TPSA) is 30.5 Å². The van der Waals surface area contributed by atoms with Gasteiger partial charge in [-0.25, -0.2) is 0 Å². The quantitative estimate of drug-likeness (QED) is 0.828.